The smallest absolute Gasteiger partial charge is 0.0859 e. The third kappa shape index (κ3) is 3.78. The van der Waals surface area contributed by atoms with Crippen molar-refractivity contribution in [1.29, 1.82) is 0 Å². The number of anilines is 1. The Hall–Kier alpha value is -2.55. The molecule has 0 saturated heterocycles. The third-order valence-electron chi connectivity index (χ3n) is 5.94. The Morgan fingerprint density at radius 1 is 0.833 bits per heavy atom. The van der Waals surface area contributed by atoms with Crippen molar-refractivity contribution in [2.45, 2.75) is 25.3 Å². The molecule has 4 heteroatoms. The molecule has 30 heavy (non-hydrogen) atoms. The van der Waals surface area contributed by atoms with Crippen LogP contribution in [-0.2, 0) is 0 Å². The molecule has 1 fully saturated rings. The molecule has 150 valence electrons. The van der Waals surface area contributed by atoms with Crippen molar-refractivity contribution in [2.24, 2.45) is 11.0 Å². The largest absolute Gasteiger partial charge is 0.257 e. The lowest BCUT2D eigenvalue weighted by atomic mass is 9.77. The maximum Gasteiger partial charge on any atom is 0.0859 e. The van der Waals surface area contributed by atoms with Gasteiger partial charge in [-0.15, -0.1) is 0 Å². The molecule has 0 unspecified atom stereocenters. The van der Waals surface area contributed by atoms with Crippen LogP contribution in [0.5, 0.6) is 0 Å². The van der Waals surface area contributed by atoms with Gasteiger partial charge in [-0.05, 0) is 78.4 Å². The summed E-state index contributed by atoms with van der Waals surface area (Å²) in [7, 11) is 0. The molecule has 1 saturated carbocycles. The zero-order chi connectivity index (χ0) is 20.5. The van der Waals surface area contributed by atoms with E-state index in [0.29, 0.717) is 5.92 Å². The summed E-state index contributed by atoms with van der Waals surface area (Å²) >= 11 is 12.2. The summed E-state index contributed by atoms with van der Waals surface area (Å²) in [5.41, 5.74) is 6.06. The summed E-state index contributed by atoms with van der Waals surface area (Å²) in [4.78, 5) is 0. The fraction of sp³-hybridized carbons (Fsp3) is 0.192. The standard InChI is InChI=1S/C26H22Cl2N2/c27-21-13-9-18(10-14-21)17-20-5-4-8-24-25(20)29-30(23-6-2-1-3-7-23)26(24)19-11-15-22(28)16-12-19/h1-3,6-7,9-17,24,26H,4-5,8H2/b20-17-/t24-,26+/m1/s1. The highest BCUT2D eigenvalue weighted by Crippen LogP contribution is 2.46. The predicted molar refractivity (Wildman–Crippen MR) is 127 cm³/mol. The number of allylic oxidation sites excluding steroid dienone is 1. The predicted octanol–water partition coefficient (Wildman–Crippen LogP) is 7.79. The summed E-state index contributed by atoms with van der Waals surface area (Å²) in [6, 6.07) is 26.9. The second kappa shape index (κ2) is 8.29. The van der Waals surface area contributed by atoms with Crippen LogP contribution in [0.1, 0.15) is 36.4 Å². The first-order chi connectivity index (χ1) is 14.7. The molecule has 2 nitrogen and oxygen atoms in total. The summed E-state index contributed by atoms with van der Waals surface area (Å²) < 4.78 is 0. The Labute approximate surface area is 187 Å². The van der Waals surface area contributed by atoms with Crippen LogP contribution in [0.15, 0.2) is 89.5 Å². The number of rotatable bonds is 3. The van der Waals surface area contributed by atoms with Gasteiger partial charge in [0.1, 0.15) is 0 Å². The summed E-state index contributed by atoms with van der Waals surface area (Å²) in [5, 5.41) is 8.90. The van der Waals surface area contributed by atoms with Crippen LogP contribution in [0.2, 0.25) is 10.0 Å². The molecule has 0 amide bonds. The van der Waals surface area contributed by atoms with Gasteiger partial charge < -0.3 is 0 Å². The monoisotopic (exact) mass is 432 g/mol. The SMILES string of the molecule is Clc1ccc(/C=C2/CCC[C@@H]3C2=NN(c2ccccc2)[C@H]3c2ccc(Cl)cc2)cc1. The lowest BCUT2D eigenvalue weighted by Gasteiger charge is -2.30. The maximum atomic E-state index is 6.17. The van der Waals surface area contributed by atoms with E-state index in [1.807, 2.05) is 30.3 Å². The van der Waals surface area contributed by atoms with E-state index < -0.39 is 0 Å². The van der Waals surface area contributed by atoms with Crippen LogP contribution in [0.25, 0.3) is 6.08 Å². The van der Waals surface area contributed by atoms with E-state index in [0.717, 1.165) is 35.0 Å². The van der Waals surface area contributed by atoms with Crippen molar-refractivity contribution >= 4 is 40.7 Å². The first-order valence-corrected chi connectivity index (χ1v) is 11.1. The van der Waals surface area contributed by atoms with Crippen molar-refractivity contribution in [2.75, 3.05) is 5.01 Å². The van der Waals surface area contributed by atoms with Gasteiger partial charge in [0.05, 0.1) is 17.4 Å². The van der Waals surface area contributed by atoms with Gasteiger partial charge in [0, 0.05) is 16.0 Å². The first-order valence-electron chi connectivity index (χ1n) is 10.3. The Bertz CT molecular complexity index is 1090. The van der Waals surface area contributed by atoms with Crippen molar-refractivity contribution in [1.82, 2.24) is 0 Å². The Kier molecular flexibility index (Phi) is 5.37. The normalized spacial score (nSPS) is 22.1. The molecule has 0 N–H and O–H groups in total. The van der Waals surface area contributed by atoms with Gasteiger partial charge in [0.25, 0.3) is 0 Å². The first kappa shape index (κ1) is 19.4. The third-order valence-corrected chi connectivity index (χ3v) is 6.45. The molecular weight excluding hydrogens is 411 g/mol. The Balaban J connectivity index is 1.58. The van der Waals surface area contributed by atoms with E-state index in [1.165, 1.54) is 22.4 Å². The highest BCUT2D eigenvalue weighted by molar-refractivity contribution is 6.30. The average molecular weight is 433 g/mol. The van der Waals surface area contributed by atoms with Crippen molar-refractivity contribution < 1.29 is 0 Å². The molecule has 3 aromatic rings. The minimum Gasteiger partial charge on any atom is -0.257 e. The minimum absolute atomic E-state index is 0.175. The minimum atomic E-state index is 0.175. The number of para-hydroxylation sites is 1. The van der Waals surface area contributed by atoms with E-state index >= 15 is 0 Å². The lowest BCUT2D eigenvalue weighted by molar-refractivity contribution is 0.488. The van der Waals surface area contributed by atoms with E-state index in [-0.39, 0.29) is 6.04 Å². The van der Waals surface area contributed by atoms with Crippen LogP contribution in [-0.4, -0.2) is 5.71 Å². The van der Waals surface area contributed by atoms with Crippen LogP contribution in [0, 0.1) is 5.92 Å². The Morgan fingerprint density at radius 3 is 2.20 bits per heavy atom. The lowest BCUT2D eigenvalue weighted by Crippen LogP contribution is -2.28. The molecule has 1 aliphatic heterocycles. The molecule has 1 heterocycles. The van der Waals surface area contributed by atoms with E-state index in [4.69, 9.17) is 28.3 Å². The van der Waals surface area contributed by atoms with Gasteiger partial charge in [0.2, 0.25) is 0 Å². The molecule has 2 aliphatic rings. The van der Waals surface area contributed by atoms with Gasteiger partial charge in [-0.1, -0.05) is 65.7 Å². The number of nitrogens with zero attached hydrogens (tertiary/aromatic N) is 2. The number of hydrogen-bond donors (Lipinski definition) is 0. The fourth-order valence-corrected chi connectivity index (χ4v) is 4.80. The number of halogens is 2. The van der Waals surface area contributed by atoms with E-state index in [1.54, 1.807) is 0 Å². The Morgan fingerprint density at radius 2 is 1.50 bits per heavy atom. The average Bonchev–Trinajstić information content (AvgIpc) is 3.17. The van der Waals surface area contributed by atoms with E-state index in [9.17, 15) is 0 Å². The van der Waals surface area contributed by atoms with Gasteiger partial charge in [-0.25, -0.2) is 0 Å². The molecule has 3 aromatic carbocycles. The van der Waals surface area contributed by atoms with E-state index in [2.05, 4.69) is 59.6 Å². The molecule has 2 atom stereocenters. The second-order valence-electron chi connectivity index (χ2n) is 7.88. The number of hydrazone groups is 1. The zero-order valence-electron chi connectivity index (χ0n) is 16.5. The van der Waals surface area contributed by atoms with Crippen molar-refractivity contribution in [3.05, 3.63) is 106 Å². The molecule has 0 bridgehead atoms. The highest BCUT2D eigenvalue weighted by Gasteiger charge is 2.41. The van der Waals surface area contributed by atoms with Gasteiger partial charge in [-0.2, -0.15) is 5.10 Å². The van der Waals surface area contributed by atoms with Crippen molar-refractivity contribution in [3.8, 4) is 0 Å². The summed E-state index contributed by atoms with van der Waals surface area (Å²) in [6.45, 7) is 0. The highest BCUT2D eigenvalue weighted by atomic mass is 35.5. The van der Waals surface area contributed by atoms with Crippen LogP contribution < -0.4 is 5.01 Å². The summed E-state index contributed by atoms with van der Waals surface area (Å²) in [6.07, 6.45) is 5.62. The second-order valence-corrected chi connectivity index (χ2v) is 8.75. The topological polar surface area (TPSA) is 15.6 Å². The molecule has 5 rings (SSSR count). The van der Waals surface area contributed by atoms with Crippen molar-refractivity contribution in [3.63, 3.8) is 0 Å². The molecular formula is C26H22Cl2N2. The summed E-state index contributed by atoms with van der Waals surface area (Å²) in [5.74, 6) is 0.360. The zero-order valence-corrected chi connectivity index (χ0v) is 18.0. The number of hydrogen-bond acceptors (Lipinski definition) is 2. The van der Waals surface area contributed by atoms with Gasteiger partial charge >= 0.3 is 0 Å². The fourth-order valence-electron chi connectivity index (χ4n) is 4.55. The van der Waals surface area contributed by atoms with Crippen LogP contribution >= 0.6 is 23.2 Å². The number of fused-ring (bicyclic) bond motifs is 1. The van der Waals surface area contributed by atoms with Gasteiger partial charge in [0.15, 0.2) is 0 Å². The molecule has 0 aromatic heterocycles. The molecule has 1 aliphatic carbocycles. The maximum absolute atomic E-state index is 6.17. The number of benzene rings is 3. The van der Waals surface area contributed by atoms with Crippen LogP contribution in [0.4, 0.5) is 5.69 Å². The molecule has 0 radical (unpaired) electrons. The van der Waals surface area contributed by atoms with Gasteiger partial charge in [-0.3, -0.25) is 5.01 Å². The van der Waals surface area contributed by atoms with Crippen LogP contribution in [0.3, 0.4) is 0 Å². The quantitative estimate of drug-likeness (QED) is 0.412. The molecule has 0 spiro atoms.